The van der Waals surface area contributed by atoms with Gasteiger partial charge in [0, 0.05) is 13.0 Å². The summed E-state index contributed by atoms with van der Waals surface area (Å²) in [7, 11) is 1.49. The van der Waals surface area contributed by atoms with Crippen LogP contribution >= 0.6 is 0 Å². The number of methoxy groups -OCH3 is 1. The Morgan fingerprint density at radius 3 is 1.95 bits per heavy atom. The van der Waals surface area contributed by atoms with E-state index in [1.165, 1.54) is 48.6 Å². The summed E-state index contributed by atoms with van der Waals surface area (Å²) in [6, 6.07) is 17.9. The average Bonchev–Trinajstić information content (AvgIpc) is 3.01. The molecular formula is C35H46O6. The zero-order valence-corrected chi connectivity index (χ0v) is 24.7. The first-order valence-electron chi connectivity index (χ1n) is 14.8. The summed E-state index contributed by atoms with van der Waals surface area (Å²) in [5, 5.41) is 9.18. The molecule has 1 N–H and O–H groups in total. The highest BCUT2D eigenvalue weighted by atomic mass is 16.5. The summed E-state index contributed by atoms with van der Waals surface area (Å²) in [5.41, 5.74) is 5.45. The molecule has 0 saturated heterocycles. The molecule has 0 bridgehead atoms. The van der Waals surface area contributed by atoms with Gasteiger partial charge in [-0.25, -0.2) is 9.59 Å². The first kappa shape index (κ1) is 32.3. The van der Waals surface area contributed by atoms with Crippen LogP contribution in [-0.4, -0.2) is 50.6 Å². The van der Waals surface area contributed by atoms with Crippen LogP contribution in [0.25, 0.3) is 11.1 Å². The molecule has 0 aromatic heterocycles. The van der Waals surface area contributed by atoms with Gasteiger partial charge in [0.2, 0.25) is 0 Å². The second-order valence-corrected chi connectivity index (χ2v) is 11.1. The van der Waals surface area contributed by atoms with E-state index in [2.05, 4.69) is 68.6 Å². The lowest BCUT2D eigenvalue weighted by Gasteiger charge is -2.33. The second-order valence-electron chi connectivity index (χ2n) is 11.1. The number of benzene rings is 2. The molecule has 1 atom stereocenters. The minimum atomic E-state index is -0.632. The summed E-state index contributed by atoms with van der Waals surface area (Å²) in [4.78, 5) is 24.4. The van der Waals surface area contributed by atoms with Crippen LogP contribution in [0.4, 0.5) is 0 Å². The van der Waals surface area contributed by atoms with Crippen molar-refractivity contribution in [1.29, 1.82) is 0 Å². The van der Waals surface area contributed by atoms with Crippen LogP contribution in [0.1, 0.15) is 68.9 Å². The molecular weight excluding hydrogens is 516 g/mol. The zero-order chi connectivity index (χ0) is 29.6. The highest BCUT2D eigenvalue weighted by Crippen LogP contribution is 2.39. The summed E-state index contributed by atoms with van der Waals surface area (Å²) in [6.45, 7) is 9.34. The summed E-state index contributed by atoms with van der Waals surface area (Å²) < 4.78 is 15.9. The minimum absolute atomic E-state index is 0.00397. The van der Waals surface area contributed by atoms with Gasteiger partial charge < -0.3 is 19.3 Å². The van der Waals surface area contributed by atoms with Crippen molar-refractivity contribution in [2.24, 2.45) is 11.8 Å². The molecule has 0 amide bonds. The van der Waals surface area contributed by atoms with E-state index in [4.69, 9.17) is 14.2 Å². The standard InChI is InChI=1S/C35H46O6/c1-5-6-7-8-27-9-11-28(12-10-27)29-13-15-30(16-14-29)31-17-19-32(20-18-31)33(23-40-34(37)25(2)21-36)24-41-35(38)26(3)22-39-4/h9-16,31-33,36H,2-3,5-8,17-24H2,1,4H3. The van der Waals surface area contributed by atoms with Gasteiger partial charge in [-0.05, 0) is 72.6 Å². The van der Waals surface area contributed by atoms with E-state index in [0.717, 1.165) is 32.1 Å². The zero-order valence-electron chi connectivity index (χ0n) is 24.7. The highest BCUT2D eigenvalue weighted by molar-refractivity contribution is 5.88. The topological polar surface area (TPSA) is 82.1 Å². The van der Waals surface area contributed by atoms with Crippen LogP contribution in [0.3, 0.4) is 0 Å². The monoisotopic (exact) mass is 562 g/mol. The molecule has 2 aromatic carbocycles. The SMILES string of the molecule is C=C(CO)C(=O)OCC(COC(=O)C(=C)COC)C1CCC(c2ccc(-c3ccc(CCCCC)cc3)cc2)CC1. The van der Waals surface area contributed by atoms with E-state index in [9.17, 15) is 14.7 Å². The number of ether oxygens (including phenoxy) is 3. The Hall–Kier alpha value is -3.22. The number of hydrogen-bond acceptors (Lipinski definition) is 6. The van der Waals surface area contributed by atoms with E-state index < -0.39 is 18.5 Å². The number of hydrogen-bond donors (Lipinski definition) is 1. The molecule has 1 saturated carbocycles. The number of aryl methyl sites for hydroxylation is 1. The van der Waals surface area contributed by atoms with Crippen molar-refractivity contribution in [3.8, 4) is 11.1 Å². The Labute approximate surface area is 245 Å². The highest BCUT2D eigenvalue weighted by Gasteiger charge is 2.30. The number of carbonyl (C=O) groups is 2. The van der Waals surface area contributed by atoms with Gasteiger partial charge in [0.05, 0.1) is 37.6 Å². The van der Waals surface area contributed by atoms with Gasteiger partial charge in [-0.1, -0.05) is 81.5 Å². The fourth-order valence-corrected chi connectivity index (χ4v) is 5.50. The third kappa shape index (κ3) is 9.98. The molecule has 0 spiro atoms. The third-order valence-electron chi connectivity index (χ3n) is 8.12. The van der Waals surface area contributed by atoms with Crippen LogP contribution in [-0.2, 0) is 30.2 Å². The maximum atomic E-state index is 12.3. The van der Waals surface area contributed by atoms with Crippen molar-refractivity contribution in [3.63, 3.8) is 0 Å². The molecule has 1 unspecified atom stereocenters. The van der Waals surface area contributed by atoms with Crippen LogP contribution in [0, 0.1) is 11.8 Å². The van der Waals surface area contributed by atoms with Gasteiger partial charge in [0.1, 0.15) is 0 Å². The molecule has 0 heterocycles. The molecule has 0 radical (unpaired) electrons. The molecule has 6 nitrogen and oxygen atoms in total. The average molecular weight is 563 g/mol. The first-order valence-corrected chi connectivity index (χ1v) is 14.8. The molecule has 1 fully saturated rings. The second kappa shape index (κ2) is 16.9. The van der Waals surface area contributed by atoms with Gasteiger partial charge in [-0.2, -0.15) is 0 Å². The number of esters is 2. The number of rotatable bonds is 16. The predicted octanol–water partition coefficient (Wildman–Crippen LogP) is 6.81. The van der Waals surface area contributed by atoms with Crippen LogP contribution in [0.2, 0.25) is 0 Å². The van der Waals surface area contributed by atoms with E-state index in [1.807, 2.05) is 0 Å². The molecule has 0 aliphatic heterocycles. The first-order chi connectivity index (χ1) is 19.9. The van der Waals surface area contributed by atoms with Crippen molar-refractivity contribution in [1.82, 2.24) is 0 Å². The normalized spacial score (nSPS) is 17.4. The molecule has 222 valence electrons. The lowest BCUT2D eigenvalue weighted by atomic mass is 9.74. The Bertz CT molecular complexity index is 1130. The van der Waals surface area contributed by atoms with Crippen molar-refractivity contribution in [2.45, 2.75) is 64.2 Å². The smallest absolute Gasteiger partial charge is 0.335 e. The molecule has 3 rings (SSSR count). The Balaban J connectivity index is 1.57. The Morgan fingerprint density at radius 2 is 1.41 bits per heavy atom. The molecule has 6 heteroatoms. The number of aliphatic hydroxyl groups is 1. The fraction of sp³-hybridized carbons (Fsp3) is 0.486. The molecule has 2 aromatic rings. The van der Waals surface area contributed by atoms with E-state index in [1.54, 1.807) is 0 Å². The largest absolute Gasteiger partial charge is 0.462 e. The minimum Gasteiger partial charge on any atom is -0.462 e. The molecule has 41 heavy (non-hydrogen) atoms. The lowest BCUT2D eigenvalue weighted by molar-refractivity contribution is -0.146. The number of unbranched alkanes of at least 4 members (excludes halogenated alkanes) is 2. The van der Waals surface area contributed by atoms with E-state index in [0.29, 0.717) is 5.92 Å². The van der Waals surface area contributed by atoms with Gasteiger partial charge >= 0.3 is 11.9 Å². The number of aliphatic hydroxyl groups excluding tert-OH is 1. The van der Waals surface area contributed by atoms with Crippen molar-refractivity contribution < 1.29 is 28.9 Å². The van der Waals surface area contributed by atoms with Crippen molar-refractivity contribution in [3.05, 3.63) is 84.0 Å². The maximum Gasteiger partial charge on any atom is 0.335 e. The molecule has 1 aliphatic rings. The van der Waals surface area contributed by atoms with Crippen molar-refractivity contribution in [2.75, 3.05) is 33.5 Å². The van der Waals surface area contributed by atoms with Gasteiger partial charge in [-0.3, -0.25) is 0 Å². The van der Waals surface area contributed by atoms with Gasteiger partial charge in [0.15, 0.2) is 0 Å². The quantitative estimate of drug-likeness (QED) is 0.137. The summed E-state index contributed by atoms with van der Waals surface area (Å²) in [6.07, 6.45) is 8.79. The van der Waals surface area contributed by atoms with Crippen LogP contribution in [0.5, 0.6) is 0 Å². The van der Waals surface area contributed by atoms with Gasteiger partial charge in [0.25, 0.3) is 0 Å². The van der Waals surface area contributed by atoms with Crippen LogP contribution in [0.15, 0.2) is 72.8 Å². The Kier molecular flexibility index (Phi) is 13.3. The summed E-state index contributed by atoms with van der Waals surface area (Å²) in [5.74, 6) is -0.601. The Morgan fingerprint density at radius 1 is 0.854 bits per heavy atom. The van der Waals surface area contributed by atoms with Gasteiger partial charge in [-0.15, -0.1) is 0 Å². The fourth-order valence-electron chi connectivity index (χ4n) is 5.50. The lowest BCUT2D eigenvalue weighted by Crippen LogP contribution is -2.31. The maximum absolute atomic E-state index is 12.3. The number of carbonyl (C=O) groups excluding carboxylic acids is 2. The van der Waals surface area contributed by atoms with Crippen LogP contribution < -0.4 is 0 Å². The predicted molar refractivity (Wildman–Crippen MR) is 162 cm³/mol. The van der Waals surface area contributed by atoms with E-state index in [-0.39, 0.29) is 42.8 Å². The summed E-state index contributed by atoms with van der Waals surface area (Å²) >= 11 is 0. The van der Waals surface area contributed by atoms with Crippen molar-refractivity contribution >= 4 is 11.9 Å². The van der Waals surface area contributed by atoms with E-state index >= 15 is 0 Å². The molecule has 1 aliphatic carbocycles. The third-order valence-corrected chi connectivity index (χ3v) is 8.12.